The van der Waals surface area contributed by atoms with Gasteiger partial charge in [-0.15, -0.1) is 0 Å². The average molecular weight is 500 g/mol. The van der Waals surface area contributed by atoms with Crippen LogP contribution in [0.4, 0.5) is 14.5 Å². The zero-order chi connectivity index (χ0) is 18.8. The highest BCUT2D eigenvalue weighted by molar-refractivity contribution is 9.11. The first-order valence-electron chi connectivity index (χ1n) is 7.31. The number of amides is 1. The van der Waals surface area contributed by atoms with Gasteiger partial charge in [-0.25, -0.2) is 8.78 Å². The summed E-state index contributed by atoms with van der Waals surface area (Å²) in [6, 6.07) is 12.7. The van der Waals surface area contributed by atoms with E-state index in [1.807, 2.05) is 24.3 Å². The molecular weight excluding hydrogens is 490 g/mol. The van der Waals surface area contributed by atoms with E-state index in [0.717, 1.165) is 27.4 Å². The number of benzene rings is 3. The summed E-state index contributed by atoms with van der Waals surface area (Å²) in [7, 11) is 0. The van der Waals surface area contributed by atoms with E-state index in [1.165, 1.54) is 0 Å². The van der Waals surface area contributed by atoms with Gasteiger partial charge in [-0.1, -0.05) is 40.2 Å². The molecule has 1 amide bonds. The van der Waals surface area contributed by atoms with E-state index in [1.54, 1.807) is 12.1 Å². The second kappa shape index (κ2) is 7.77. The van der Waals surface area contributed by atoms with Gasteiger partial charge >= 0.3 is 0 Å². The number of fused-ring (bicyclic) bond motifs is 1. The Labute approximate surface area is 170 Å². The zero-order valence-electron chi connectivity index (χ0n) is 12.9. The molecule has 3 aromatic carbocycles. The summed E-state index contributed by atoms with van der Waals surface area (Å²) in [6.07, 6.45) is 0. The van der Waals surface area contributed by atoms with Crippen LogP contribution in [0.15, 0.2) is 57.5 Å². The van der Waals surface area contributed by atoms with Gasteiger partial charge in [0.2, 0.25) is 0 Å². The molecular formula is C18H10Br2F2N2OS. The highest BCUT2D eigenvalue weighted by Gasteiger charge is 2.15. The molecule has 0 atom stereocenters. The van der Waals surface area contributed by atoms with Crippen LogP contribution in [0.3, 0.4) is 0 Å². The number of halogens is 4. The third kappa shape index (κ3) is 3.92. The number of carbonyl (C=O) groups is 1. The molecule has 0 saturated heterocycles. The summed E-state index contributed by atoms with van der Waals surface area (Å²) in [6.45, 7) is 0. The molecule has 0 aliphatic heterocycles. The first kappa shape index (κ1) is 18.9. The second-order valence-corrected chi connectivity index (χ2v) is 7.41. The minimum Gasteiger partial charge on any atom is -0.329 e. The van der Waals surface area contributed by atoms with Gasteiger partial charge in [0.15, 0.2) is 10.9 Å². The van der Waals surface area contributed by atoms with Gasteiger partial charge in [0, 0.05) is 20.6 Å². The number of carbonyl (C=O) groups excluding carboxylic acids is 1. The summed E-state index contributed by atoms with van der Waals surface area (Å²) < 4.78 is 28.0. The Kier molecular flexibility index (Phi) is 5.64. The van der Waals surface area contributed by atoms with E-state index in [-0.39, 0.29) is 15.3 Å². The van der Waals surface area contributed by atoms with E-state index in [0.29, 0.717) is 5.56 Å². The van der Waals surface area contributed by atoms with Gasteiger partial charge in [0.1, 0.15) is 5.82 Å². The highest BCUT2D eigenvalue weighted by Crippen LogP contribution is 2.28. The number of hydrogen-bond acceptors (Lipinski definition) is 2. The highest BCUT2D eigenvalue weighted by atomic mass is 79.9. The standard InChI is InChI=1S/C18H10Br2F2N2OS/c19-13-6-2-3-10-11(13)4-1-5-12(10)17(25)24-18(26)23-16-14(20)7-9(21)8-15(16)22/h1-8H,(H2,23,24,25,26). The van der Waals surface area contributed by atoms with E-state index in [4.69, 9.17) is 12.2 Å². The van der Waals surface area contributed by atoms with Crippen molar-refractivity contribution in [2.45, 2.75) is 0 Å². The fourth-order valence-electron chi connectivity index (χ4n) is 2.45. The van der Waals surface area contributed by atoms with Crippen molar-refractivity contribution in [2.75, 3.05) is 5.32 Å². The molecule has 0 spiro atoms. The molecule has 26 heavy (non-hydrogen) atoms. The molecule has 0 saturated carbocycles. The van der Waals surface area contributed by atoms with Crippen molar-refractivity contribution in [2.24, 2.45) is 0 Å². The Bertz CT molecular complexity index is 1020. The predicted molar refractivity (Wildman–Crippen MR) is 109 cm³/mol. The number of thiocarbonyl (C=S) groups is 1. The first-order chi connectivity index (χ1) is 12.4. The van der Waals surface area contributed by atoms with Crippen LogP contribution < -0.4 is 10.6 Å². The Morgan fingerprint density at radius 3 is 2.38 bits per heavy atom. The fraction of sp³-hybridized carbons (Fsp3) is 0. The third-order valence-electron chi connectivity index (χ3n) is 3.59. The largest absolute Gasteiger partial charge is 0.329 e. The van der Waals surface area contributed by atoms with Crippen LogP contribution in [0.2, 0.25) is 0 Å². The minimum atomic E-state index is -0.831. The Morgan fingerprint density at radius 2 is 1.65 bits per heavy atom. The van der Waals surface area contributed by atoms with Gasteiger partial charge in [0.05, 0.1) is 5.69 Å². The molecule has 0 aliphatic carbocycles. The van der Waals surface area contributed by atoms with Gasteiger partial charge in [0.25, 0.3) is 5.91 Å². The summed E-state index contributed by atoms with van der Waals surface area (Å²) in [5.41, 5.74) is 0.365. The maximum absolute atomic E-state index is 13.9. The second-order valence-electron chi connectivity index (χ2n) is 5.29. The van der Waals surface area contributed by atoms with Crippen LogP contribution in [0.1, 0.15) is 10.4 Å². The lowest BCUT2D eigenvalue weighted by Crippen LogP contribution is -2.34. The lowest BCUT2D eigenvalue weighted by molar-refractivity contribution is 0.0979. The lowest BCUT2D eigenvalue weighted by atomic mass is 10.0. The lowest BCUT2D eigenvalue weighted by Gasteiger charge is -2.13. The molecule has 0 radical (unpaired) electrons. The van der Waals surface area contributed by atoms with E-state index >= 15 is 0 Å². The third-order valence-corrected chi connectivity index (χ3v) is 5.11. The molecule has 3 nitrogen and oxygen atoms in total. The molecule has 0 heterocycles. The van der Waals surface area contributed by atoms with Crippen LogP contribution >= 0.6 is 44.1 Å². The SMILES string of the molecule is O=C(NC(=S)Nc1c(F)cc(F)cc1Br)c1cccc2c(Br)cccc12. The maximum atomic E-state index is 13.9. The summed E-state index contributed by atoms with van der Waals surface area (Å²) >= 11 is 11.6. The summed E-state index contributed by atoms with van der Waals surface area (Å²) in [5, 5.41) is 6.60. The van der Waals surface area contributed by atoms with Gasteiger partial charge in [-0.2, -0.15) is 0 Å². The van der Waals surface area contributed by atoms with E-state index < -0.39 is 17.5 Å². The quantitative estimate of drug-likeness (QED) is 0.440. The number of nitrogens with one attached hydrogen (secondary N) is 2. The van der Waals surface area contributed by atoms with Gasteiger partial charge in [-0.05, 0) is 57.1 Å². The molecule has 0 unspecified atom stereocenters. The number of rotatable bonds is 2. The molecule has 0 bridgehead atoms. The van der Waals surface area contributed by atoms with Crippen molar-refractivity contribution >= 4 is 71.6 Å². The fourth-order valence-corrected chi connectivity index (χ4v) is 3.65. The molecule has 132 valence electrons. The average Bonchev–Trinajstić information content (AvgIpc) is 2.58. The predicted octanol–water partition coefficient (Wildman–Crippen LogP) is 5.77. The van der Waals surface area contributed by atoms with Crippen molar-refractivity contribution in [3.8, 4) is 0 Å². The monoisotopic (exact) mass is 498 g/mol. The molecule has 0 aliphatic rings. The number of hydrogen-bond donors (Lipinski definition) is 2. The molecule has 0 fully saturated rings. The van der Waals surface area contributed by atoms with Gasteiger partial charge < -0.3 is 5.32 Å². The van der Waals surface area contributed by atoms with Crippen LogP contribution in [-0.2, 0) is 0 Å². The minimum absolute atomic E-state index is 0.0580. The Balaban J connectivity index is 1.83. The molecule has 0 aromatic heterocycles. The number of anilines is 1. The molecule has 8 heteroatoms. The Hall–Kier alpha value is -1.90. The topological polar surface area (TPSA) is 41.1 Å². The van der Waals surface area contributed by atoms with Crippen molar-refractivity contribution in [3.63, 3.8) is 0 Å². The van der Waals surface area contributed by atoms with E-state index in [9.17, 15) is 13.6 Å². The van der Waals surface area contributed by atoms with Crippen LogP contribution in [0.25, 0.3) is 10.8 Å². The van der Waals surface area contributed by atoms with Crippen molar-refractivity contribution in [1.82, 2.24) is 5.32 Å². The normalized spacial score (nSPS) is 10.6. The first-order valence-corrected chi connectivity index (χ1v) is 9.30. The van der Waals surface area contributed by atoms with Crippen LogP contribution in [-0.4, -0.2) is 11.0 Å². The maximum Gasteiger partial charge on any atom is 0.258 e. The van der Waals surface area contributed by atoms with Crippen LogP contribution in [0.5, 0.6) is 0 Å². The van der Waals surface area contributed by atoms with Crippen LogP contribution in [0, 0.1) is 11.6 Å². The molecule has 2 N–H and O–H groups in total. The molecule has 3 rings (SSSR count). The van der Waals surface area contributed by atoms with Gasteiger partial charge in [-0.3, -0.25) is 10.1 Å². The Morgan fingerprint density at radius 1 is 0.962 bits per heavy atom. The van der Waals surface area contributed by atoms with Crippen molar-refractivity contribution in [1.29, 1.82) is 0 Å². The summed E-state index contributed by atoms with van der Waals surface area (Å²) in [5.74, 6) is -2.00. The zero-order valence-corrected chi connectivity index (χ0v) is 16.9. The van der Waals surface area contributed by atoms with Crippen molar-refractivity contribution < 1.29 is 13.6 Å². The van der Waals surface area contributed by atoms with E-state index in [2.05, 4.69) is 42.5 Å². The van der Waals surface area contributed by atoms with Crippen molar-refractivity contribution in [3.05, 3.63) is 74.7 Å². The smallest absolute Gasteiger partial charge is 0.258 e. The summed E-state index contributed by atoms with van der Waals surface area (Å²) in [4.78, 5) is 12.6. The molecule has 3 aromatic rings.